The highest BCUT2D eigenvalue weighted by Gasteiger charge is 2.01. The van der Waals surface area contributed by atoms with Crippen LogP contribution in [-0.4, -0.2) is 16.0 Å². The lowest BCUT2D eigenvalue weighted by molar-refractivity contribution is 0.101. The summed E-state index contributed by atoms with van der Waals surface area (Å²) < 4.78 is 5.48. The van der Waals surface area contributed by atoms with E-state index in [2.05, 4.69) is 10.2 Å². The third-order valence-electron chi connectivity index (χ3n) is 2.03. The van der Waals surface area contributed by atoms with Gasteiger partial charge in [0.05, 0.1) is 0 Å². The molecule has 4 nitrogen and oxygen atoms in total. The summed E-state index contributed by atoms with van der Waals surface area (Å²) in [7, 11) is 0. The zero-order chi connectivity index (χ0) is 11.4. The Kier molecular flexibility index (Phi) is 3.26. The predicted molar refractivity (Wildman–Crippen MR) is 60.7 cm³/mol. The first kappa shape index (κ1) is 10.8. The van der Waals surface area contributed by atoms with Crippen molar-refractivity contribution in [1.82, 2.24) is 10.2 Å². The molecule has 0 spiro atoms. The molecule has 1 heterocycles. The highest BCUT2D eigenvalue weighted by molar-refractivity contribution is 7.09. The minimum Gasteiger partial charge on any atom is -0.486 e. The maximum Gasteiger partial charge on any atom is 0.159 e. The van der Waals surface area contributed by atoms with E-state index in [-0.39, 0.29) is 5.78 Å². The first-order valence-corrected chi connectivity index (χ1v) is 5.62. The van der Waals surface area contributed by atoms with Crippen molar-refractivity contribution < 1.29 is 9.53 Å². The van der Waals surface area contributed by atoms with E-state index in [4.69, 9.17) is 4.74 Å². The van der Waals surface area contributed by atoms with Gasteiger partial charge in [0.15, 0.2) is 10.8 Å². The normalized spacial score (nSPS) is 10.1. The fraction of sp³-hybridized carbons (Fsp3) is 0.182. The van der Waals surface area contributed by atoms with Gasteiger partial charge < -0.3 is 4.74 Å². The zero-order valence-electron chi connectivity index (χ0n) is 8.71. The van der Waals surface area contributed by atoms with Gasteiger partial charge in [-0.2, -0.15) is 0 Å². The second kappa shape index (κ2) is 4.85. The summed E-state index contributed by atoms with van der Waals surface area (Å²) in [5.74, 6) is 0.774. The molecule has 82 valence electrons. The molecule has 0 radical (unpaired) electrons. The number of benzene rings is 1. The van der Waals surface area contributed by atoms with Crippen LogP contribution in [0.2, 0.25) is 0 Å². The molecule has 0 aliphatic rings. The molecule has 1 aromatic heterocycles. The molecule has 16 heavy (non-hydrogen) atoms. The van der Waals surface area contributed by atoms with Crippen LogP contribution in [0.4, 0.5) is 0 Å². The molecule has 0 saturated carbocycles. The molecule has 0 amide bonds. The third-order valence-corrected chi connectivity index (χ3v) is 2.70. The van der Waals surface area contributed by atoms with Crippen LogP contribution in [0.1, 0.15) is 22.3 Å². The molecule has 1 aromatic carbocycles. The number of ketones is 1. The van der Waals surface area contributed by atoms with Crippen molar-refractivity contribution in [1.29, 1.82) is 0 Å². The van der Waals surface area contributed by atoms with Crippen LogP contribution in [0.15, 0.2) is 29.8 Å². The van der Waals surface area contributed by atoms with Gasteiger partial charge in [0.25, 0.3) is 0 Å². The Labute approximate surface area is 96.9 Å². The van der Waals surface area contributed by atoms with Gasteiger partial charge in [0.2, 0.25) is 0 Å². The molecule has 0 unspecified atom stereocenters. The Bertz CT molecular complexity index is 465. The Morgan fingerprint density at radius 2 is 2.12 bits per heavy atom. The van der Waals surface area contributed by atoms with Crippen LogP contribution in [0.25, 0.3) is 0 Å². The fourth-order valence-corrected chi connectivity index (χ4v) is 1.63. The van der Waals surface area contributed by atoms with Crippen molar-refractivity contribution in [2.45, 2.75) is 13.5 Å². The van der Waals surface area contributed by atoms with E-state index in [1.165, 1.54) is 18.3 Å². The van der Waals surface area contributed by atoms with Gasteiger partial charge in [-0.25, -0.2) is 0 Å². The molecule has 0 saturated heterocycles. The summed E-state index contributed by atoms with van der Waals surface area (Å²) in [6, 6.07) is 7.05. The predicted octanol–water partition coefficient (Wildman–Crippen LogP) is 2.32. The van der Waals surface area contributed by atoms with Crippen molar-refractivity contribution >= 4 is 17.1 Å². The number of hydrogen-bond acceptors (Lipinski definition) is 5. The Hall–Kier alpha value is -1.75. The van der Waals surface area contributed by atoms with E-state index in [0.29, 0.717) is 12.2 Å². The number of nitrogens with zero attached hydrogens (tertiary/aromatic N) is 2. The summed E-state index contributed by atoms with van der Waals surface area (Å²) in [5.41, 5.74) is 2.35. The van der Waals surface area contributed by atoms with Gasteiger partial charge in [-0.15, -0.1) is 21.5 Å². The standard InChI is InChI=1S/C11H10N2O2S/c1-8(14)9-2-4-10(5-3-9)15-6-11-13-12-7-16-11/h2-5,7H,6H2,1H3. The largest absolute Gasteiger partial charge is 0.486 e. The number of rotatable bonds is 4. The Balaban J connectivity index is 1.98. The zero-order valence-corrected chi connectivity index (χ0v) is 9.53. The van der Waals surface area contributed by atoms with Crippen molar-refractivity contribution in [2.24, 2.45) is 0 Å². The lowest BCUT2D eigenvalue weighted by Crippen LogP contribution is -1.96. The van der Waals surface area contributed by atoms with Gasteiger partial charge in [-0.1, -0.05) is 0 Å². The van der Waals surface area contributed by atoms with Gasteiger partial charge in [-0.3, -0.25) is 4.79 Å². The monoisotopic (exact) mass is 234 g/mol. The molecule has 0 N–H and O–H groups in total. The second-order valence-electron chi connectivity index (χ2n) is 3.20. The fourth-order valence-electron chi connectivity index (χ4n) is 1.19. The number of aromatic nitrogens is 2. The van der Waals surface area contributed by atoms with E-state index >= 15 is 0 Å². The van der Waals surface area contributed by atoms with Crippen LogP contribution in [0.5, 0.6) is 5.75 Å². The van der Waals surface area contributed by atoms with Crippen LogP contribution in [0, 0.1) is 0 Å². The maximum atomic E-state index is 11.0. The summed E-state index contributed by atoms with van der Waals surface area (Å²) >= 11 is 1.45. The molecule has 2 aromatic rings. The second-order valence-corrected chi connectivity index (χ2v) is 4.12. The van der Waals surface area contributed by atoms with E-state index in [0.717, 1.165) is 10.8 Å². The molecular formula is C11H10N2O2S. The molecule has 0 aliphatic heterocycles. The van der Waals surface area contributed by atoms with Gasteiger partial charge in [-0.05, 0) is 31.2 Å². The number of hydrogen-bond donors (Lipinski definition) is 0. The van der Waals surface area contributed by atoms with Gasteiger partial charge >= 0.3 is 0 Å². The van der Waals surface area contributed by atoms with E-state index in [1.807, 2.05) is 0 Å². The summed E-state index contributed by atoms with van der Waals surface area (Å²) in [6.07, 6.45) is 0. The first-order valence-electron chi connectivity index (χ1n) is 4.74. The third kappa shape index (κ3) is 2.64. The number of carbonyl (C=O) groups is 1. The van der Waals surface area contributed by atoms with E-state index in [9.17, 15) is 4.79 Å². The molecule has 2 rings (SSSR count). The molecule has 0 fully saturated rings. The van der Waals surface area contributed by atoms with Crippen molar-refractivity contribution in [3.63, 3.8) is 0 Å². The topological polar surface area (TPSA) is 52.1 Å². The lowest BCUT2D eigenvalue weighted by atomic mass is 10.1. The number of carbonyl (C=O) groups excluding carboxylic acids is 1. The minimum absolute atomic E-state index is 0.0515. The van der Waals surface area contributed by atoms with Crippen molar-refractivity contribution in [3.05, 3.63) is 40.3 Å². The lowest BCUT2D eigenvalue weighted by Gasteiger charge is -2.03. The van der Waals surface area contributed by atoms with E-state index in [1.54, 1.807) is 29.8 Å². The molecule has 0 aliphatic carbocycles. The number of Topliss-reactive ketones (excluding diaryl/α,β-unsaturated/α-hetero) is 1. The number of ether oxygens (including phenoxy) is 1. The summed E-state index contributed by atoms with van der Waals surface area (Å²) in [5, 5.41) is 8.41. The van der Waals surface area contributed by atoms with Crippen molar-refractivity contribution in [3.8, 4) is 5.75 Å². The average Bonchev–Trinajstić information content (AvgIpc) is 2.80. The average molecular weight is 234 g/mol. The summed E-state index contributed by atoms with van der Waals surface area (Å²) in [6.45, 7) is 1.95. The van der Waals surface area contributed by atoms with Crippen LogP contribution in [-0.2, 0) is 6.61 Å². The van der Waals surface area contributed by atoms with E-state index < -0.39 is 0 Å². The Morgan fingerprint density at radius 1 is 1.38 bits per heavy atom. The van der Waals surface area contributed by atoms with Gasteiger partial charge in [0, 0.05) is 5.56 Å². The molecule has 5 heteroatoms. The van der Waals surface area contributed by atoms with Crippen molar-refractivity contribution in [2.75, 3.05) is 0 Å². The molecular weight excluding hydrogens is 224 g/mol. The van der Waals surface area contributed by atoms with Gasteiger partial charge in [0.1, 0.15) is 17.9 Å². The summed E-state index contributed by atoms with van der Waals surface area (Å²) in [4.78, 5) is 11.0. The van der Waals surface area contributed by atoms with Crippen LogP contribution in [0.3, 0.4) is 0 Å². The molecule has 0 atom stereocenters. The van der Waals surface area contributed by atoms with Crippen LogP contribution >= 0.6 is 11.3 Å². The minimum atomic E-state index is 0.0515. The molecule has 0 bridgehead atoms. The first-order chi connectivity index (χ1) is 7.75. The highest BCUT2D eigenvalue weighted by Crippen LogP contribution is 2.14. The quantitative estimate of drug-likeness (QED) is 0.762. The maximum absolute atomic E-state index is 11.0. The smallest absolute Gasteiger partial charge is 0.159 e. The van der Waals surface area contributed by atoms with Crippen LogP contribution < -0.4 is 4.74 Å². The SMILES string of the molecule is CC(=O)c1ccc(OCc2nncs2)cc1. The highest BCUT2D eigenvalue weighted by atomic mass is 32.1. The Morgan fingerprint density at radius 3 is 2.69 bits per heavy atom.